The highest BCUT2D eigenvalue weighted by Gasteiger charge is 2.29. The van der Waals surface area contributed by atoms with Crippen LogP contribution >= 0.6 is 0 Å². The second-order valence-corrected chi connectivity index (χ2v) is 6.35. The molecule has 0 aromatic heterocycles. The van der Waals surface area contributed by atoms with Crippen LogP contribution in [-0.4, -0.2) is 56.7 Å². The topological polar surface area (TPSA) is 54.0 Å². The smallest absolute Gasteiger partial charge is 0.321 e. The molecule has 1 N–H and O–H groups in total. The fourth-order valence-corrected chi connectivity index (χ4v) is 3.20. The van der Waals surface area contributed by atoms with Crippen LogP contribution in [0.25, 0.3) is 0 Å². The molecule has 1 fully saturated rings. The number of amides is 2. The van der Waals surface area contributed by atoms with E-state index in [4.69, 9.17) is 9.47 Å². The van der Waals surface area contributed by atoms with Crippen molar-refractivity contribution < 1.29 is 14.3 Å². The first kappa shape index (κ1) is 18.1. The van der Waals surface area contributed by atoms with Gasteiger partial charge in [0.2, 0.25) is 0 Å². The van der Waals surface area contributed by atoms with E-state index in [-0.39, 0.29) is 12.1 Å². The van der Waals surface area contributed by atoms with Crippen molar-refractivity contribution in [2.45, 2.75) is 6.04 Å². The molecule has 0 aliphatic carbocycles. The molecular weight excluding hydrogens is 330 g/mol. The highest BCUT2D eigenvalue weighted by molar-refractivity contribution is 5.89. The molecule has 1 saturated heterocycles. The summed E-state index contributed by atoms with van der Waals surface area (Å²) < 4.78 is 10.7. The number of anilines is 1. The van der Waals surface area contributed by atoms with Gasteiger partial charge in [-0.2, -0.15) is 0 Å². The van der Waals surface area contributed by atoms with E-state index in [0.717, 1.165) is 17.8 Å². The van der Waals surface area contributed by atoms with Crippen molar-refractivity contribution in [3.8, 4) is 11.5 Å². The Labute approximate surface area is 154 Å². The Bertz CT molecular complexity index is 751. The fraction of sp³-hybridized carbons (Fsp3) is 0.350. The molecule has 138 valence electrons. The van der Waals surface area contributed by atoms with Gasteiger partial charge in [-0.1, -0.05) is 24.3 Å². The Morgan fingerprint density at radius 3 is 2.46 bits per heavy atom. The lowest BCUT2D eigenvalue weighted by Gasteiger charge is -2.39. The number of carbonyl (C=O) groups excluding carboxylic acids is 1. The van der Waals surface area contributed by atoms with Gasteiger partial charge >= 0.3 is 6.03 Å². The Morgan fingerprint density at radius 1 is 1.04 bits per heavy atom. The van der Waals surface area contributed by atoms with Crippen molar-refractivity contribution in [3.05, 3.63) is 54.1 Å². The summed E-state index contributed by atoms with van der Waals surface area (Å²) in [7, 11) is 5.33. The van der Waals surface area contributed by atoms with Crippen LogP contribution in [0.1, 0.15) is 11.6 Å². The first-order valence-corrected chi connectivity index (χ1v) is 8.65. The number of carbonyl (C=O) groups is 1. The summed E-state index contributed by atoms with van der Waals surface area (Å²) in [6.07, 6.45) is 0. The average Bonchev–Trinajstić information content (AvgIpc) is 2.68. The van der Waals surface area contributed by atoms with Crippen molar-refractivity contribution in [2.24, 2.45) is 0 Å². The number of ether oxygens (including phenoxy) is 2. The minimum atomic E-state index is -0.0743. The Morgan fingerprint density at radius 2 is 1.77 bits per heavy atom. The maximum atomic E-state index is 12.6. The zero-order chi connectivity index (χ0) is 18.5. The van der Waals surface area contributed by atoms with E-state index in [9.17, 15) is 4.79 Å². The van der Waals surface area contributed by atoms with Crippen LogP contribution < -0.4 is 14.8 Å². The molecule has 0 spiro atoms. The average molecular weight is 355 g/mol. The van der Waals surface area contributed by atoms with E-state index < -0.39 is 0 Å². The van der Waals surface area contributed by atoms with E-state index in [1.165, 1.54) is 0 Å². The second-order valence-electron chi connectivity index (χ2n) is 6.35. The van der Waals surface area contributed by atoms with Crippen molar-refractivity contribution >= 4 is 11.7 Å². The van der Waals surface area contributed by atoms with Crippen LogP contribution in [0.2, 0.25) is 0 Å². The zero-order valence-electron chi connectivity index (χ0n) is 15.4. The Kier molecular flexibility index (Phi) is 5.63. The number of para-hydroxylation sites is 1. The summed E-state index contributed by atoms with van der Waals surface area (Å²) >= 11 is 0. The van der Waals surface area contributed by atoms with Crippen molar-refractivity contribution in [1.82, 2.24) is 9.80 Å². The molecule has 2 aromatic carbocycles. The lowest BCUT2D eigenvalue weighted by Crippen LogP contribution is -2.50. The number of nitrogens with one attached hydrogen (secondary N) is 1. The second kappa shape index (κ2) is 8.10. The number of hydrogen-bond donors (Lipinski definition) is 1. The number of urea groups is 1. The third-order valence-corrected chi connectivity index (χ3v) is 4.75. The van der Waals surface area contributed by atoms with E-state index in [1.807, 2.05) is 53.4 Å². The van der Waals surface area contributed by atoms with Gasteiger partial charge in [-0.15, -0.1) is 0 Å². The third-order valence-electron chi connectivity index (χ3n) is 4.75. The molecule has 3 rings (SSSR count). The van der Waals surface area contributed by atoms with E-state index >= 15 is 0 Å². The molecule has 6 heteroatoms. The van der Waals surface area contributed by atoms with Crippen LogP contribution in [-0.2, 0) is 0 Å². The van der Waals surface area contributed by atoms with Gasteiger partial charge in [0.1, 0.15) is 0 Å². The summed E-state index contributed by atoms with van der Waals surface area (Å²) in [5, 5.41) is 2.96. The number of likely N-dealkylation sites (N-methyl/N-ethyl adjacent to an activating group) is 1. The standard InChI is InChI=1S/C20H25N3O3/c1-22-11-12-23(20(24)21-16-7-5-4-6-8-16)14-17(22)15-9-10-18(25-2)19(13-15)26-3/h4-10,13,17H,11-12,14H2,1-3H3,(H,21,24). The predicted octanol–water partition coefficient (Wildman–Crippen LogP) is 3.22. The Hall–Kier alpha value is -2.73. The summed E-state index contributed by atoms with van der Waals surface area (Å²) in [6, 6.07) is 15.5. The van der Waals surface area contributed by atoms with Crippen LogP contribution in [0.4, 0.5) is 10.5 Å². The third kappa shape index (κ3) is 3.91. The number of nitrogens with zero attached hydrogens (tertiary/aromatic N) is 2. The normalized spacial score (nSPS) is 17.7. The summed E-state index contributed by atoms with van der Waals surface area (Å²) in [6.45, 7) is 2.12. The van der Waals surface area contributed by atoms with Gasteiger partial charge in [-0.25, -0.2) is 4.79 Å². The van der Waals surface area contributed by atoms with Crippen molar-refractivity contribution in [1.29, 1.82) is 0 Å². The maximum absolute atomic E-state index is 12.6. The van der Waals surface area contributed by atoms with Gasteiger partial charge in [0.15, 0.2) is 11.5 Å². The molecule has 0 bridgehead atoms. The van der Waals surface area contributed by atoms with Crippen LogP contribution in [0.15, 0.2) is 48.5 Å². The number of rotatable bonds is 4. The van der Waals surface area contributed by atoms with Gasteiger partial charge < -0.3 is 19.7 Å². The quantitative estimate of drug-likeness (QED) is 0.915. The maximum Gasteiger partial charge on any atom is 0.321 e. The minimum absolute atomic E-state index is 0.0743. The summed E-state index contributed by atoms with van der Waals surface area (Å²) in [5.41, 5.74) is 1.90. The fourth-order valence-electron chi connectivity index (χ4n) is 3.20. The lowest BCUT2D eigenvalue weighted by atomic mass is 10.0. The number of piperazine rings is 1. The molecule has 1 unspecified atom stereocenters. The molecule has 1 atom stereocenters. The molecule has 6 nitrogen and oxygen atoms in total. The van der Waals surface area contributed by atoms with Gasteiger partial charge in [0.25, 0.3) is 0 Å². The first-order valence-electron chi connectivity index (χ1n) is 8.65. The summed E-state index contributed by atoms with van der Waals surface area (Å²) in [5.74, 6) is 1.40. The molecule has 1 heterocycles. The Balaban J connectivity index is 1.75. The van der Waals surface area contributed by atoms with Crippen LogP contribution in [0.3, 0.4) is 0 Å². The van der Waals surface area contributed by atoms with Crippen molar-refractivity contribution in [2.75, 3.05) is 46.2 Å². The van der Waals surface area contributed by atoms with Crippen LogP contribution in [0, 0.1) is 0 Å². The predicted molar refractivity (Wildman–Crippen MR) is 102 cm³/mol. The number of methoxy groups -OCH3 is 2. The SMILES string of the molecule is COc1ccc(C2CN(C(=O)Nc3ccccc3)CCN2C)cc1OC. The number of hydrogen-bond acceptors (Lipinski definition) is 4. The van der Waals surface area contributed by atoms with Gasteiger partial charge in [-0.05, 0) is 36.9 Å². The van der Waals surface area contributed by atoms with Gasteiger partial charge in [0, 0.05) is 25.3 Å². The molecule has 26 heavy (non-hydrogen) atoms. The van der Waals surface area contributed by atoms with E-state index in [0.29, 0.717) is 24.6 Å². The van der Waals surface area contributed by atoms with Crippen molar-refractivity contribution in [3.63, 3.8) is 0 Å². The molecule has 0 saturated carbocycles. The molecule has 2 aromatic rings. The largest absolute Gasteiger partial charge is 0.493 e. The highest BCUT2D eigenvalue weighted by atomic mass is 16.5. The van der Waals surface area contributed by atoms with E-state index in [1.54, 1.807) is 14.2 Å². The molecule has 1 aliphatic heterocycles. The lowest BCUT2D eigenvalue weighted by molar-refractivity contribution is 0.116. The van der Waals surface area contributed by atoms with Gasteiger partial charge in [0.05, 0.1) is 20.3 Å². The zero-order valence-corrected chi connectivity index (χ0v) is 15.4. The van der Waals surface area contributed by atoms with E-state index in [2.05, 4.69) is 17.3 Å². The molecule has 1 aliphatic rings. The van der Waals surface area contributed by atoms with Crippen LogP contribution in [0.5, 0.6) is 11.5 Å². The molecule has 2 amide bonds. The highest BCUT2D eigenvalue weighted by Crippen LogP contribution is 2.33. The minimum Gasteiger partial charge on any atom is -0.493 e. The monoisotopic (exact) mass is 355 g/mol. The molecular formula is C20H25N3O3. The number of benzene rings is 2. The molecule has 0 radical (unpaired) electrons. The van der Waals surface area contributed by atoms with Gasteiger partial charge in [-0.3, -0.25) is 4.90 Å². The first-order chi connectivity index (χ1) is 12.6. The summed E-state index contributed by atoms with van der Waals surface area (Å²) in [4.78, 5) is 16.7.